The summed E-state index contributed by atoms with van der Waals surface area (Å²) in [7, 11) is 1.66. The van der Waals surface area contributed by atoms with Gasteiger partial charge in [-0.05, 0) is 36.2 Å². The van der Waals surface area contributed by atoms with Crippen molar-refractivity contribution in [2.24, 2.45) is 0 Å². The van der Waals surface area contributed by atoms with Crippen LogP contribution in [0.5, 0.6) is 0 Å². The van der Waals surface area contributed by atoms with E-state index in [-0.39, 0.29) is 17.9 Å². The van der Waals surface area contributed by atoms with Gasteiger partial charge >= 0.3 is 12.0 Å². The molecule has 4 rings (SSSR count). The molecule has 7 heteroatoms. The van der Waals surface area contributed by atoms with Crippen LogP contribution in [0.1, 0.15) is 41.7 Å². The number of carbonyl (C=O) groups excluding carboxylic acids is 3. The molecule has 1 N–H and O–H groups in total. The number of anilines is 1. The summed E-state index contributed by atoms with van der Waals surface area (Å²) in [4.78, 5) is 41.1. The van der Waals surface area contributed by atoms with E-state index in [1.807, 2.05) is 37.3 Å². The number of hydrogen-bond acceptors (Lipinski definition) is 4. The third kappa shape index (κ3) is 3.91. The third-order valence-corrected chi connectivity index (χ3v) is 5.64. The van der Waals surface area contributed by atoms with Gasteiger partial charge in [0.25, 0.3) is 5.91 Å². The van der Waals surface area contributed by atoms with Crippen molar-refractivity contribution in [1.29, 1.82) is 0 Å². The Morgan fingerprint density at radius 3 is 2.48 bits per heavy atom. The highest BCUT2D eigenvalue weighted by Crippen LogP contribution is 2.37. The van der Waals surface area contributed by atoms with Gasteiger partial charge in [0.05, 0.1) is 36.0 Å². The molecule has 3 amide bonds. The van der Waals surface area contributed by atoms with E-state index in [1.54, 1.807) is 36.2 Å². The molecule has 2 aromatic carbocycles. The maximum Gasteiger partial charge on any atom is 0.338 e. The summed E-state index contributed by atoms with van der Waals surface area (Å²) in [5.41, 5.74) is 3.22. The smallest absolute Gasteiger partial charge is 0.338 e. The summed E-state index contributed by atoms with van der Waals surface area (Å²) < 4.78 is 5.24. The van der Waals surface area contributed by atoms with Gasteiger partial charge in [0.2, 0.25) is 0 Å². The molecule has 0 unspecified atom stereocenters. The van der Waals surface area contributed by atoms with E-state index in [0.29, 0.717) is 35.7 Å². The quantitative estimate of drug-likeness (QED) is 0.573. The van der Waals surface area contributed by atoms with Crippen LogP contribution in [0.15, 0.2) is 65.9 Å². The SMILES string of the molecule is CCCCOC(=O)c1ccc(N2CC3=C(C2=O)[C@@H](c2ccccc2)NC(=O)N3C)cc1. The van der Waals surface area contributed by atoms with E-state index in [2.05, 4.69) is 5.32 Å². The highest BCUT2D eigenvalue weighted by molar-refractivity contribution is 6.11. The number of hydrogen-bond donors (Lipinski definition) is 1. The van der Waals surface area contributed by atoms with Crippen LogP contribution in [-0.4, -0.2) is 43.0 Å². The zero-order chi connectivity index (χ0) is 22.0. The summed E-state index contributed by atoms with van der Waals surface area (Å²) in [5.74, 6) is -0.530. The fraction of sp³-hybridized carbons (Fsp3) is 0.292. The number of nitrogens with zero attached hydrogens (tertiary/aromatic N) is 2. The van der Waals surface area contributed by atoms with E-state index < -0.39 is 6.04 Å². The molecule has 2 aliphatic rings. The first-order chi connectivity index (χ1) is 15.0. The van der Waals surface area contributed by atoms with Crippen molar-refractivity contribution in [1.82, 2.24) is 10.2 Å². The average Bonchev–Trinajstić information content (AvgIpc) is 3.14. The van der Waals surface area contributed by atoms with Crippen LogP contribution in [0, 0.1) is 0 Å². The standard InChI is InChI=1S/C24H25N3O4/c1-3-4-14-31-23(29)17-10-12-18(13-11-17)27-15-19-20(22(27)28)21(25-24(30)26(19)2)16-8-6-5-7-9-16/h5-13,21H,3-4,14-15H2,1-2H3,(H,25,30)/t21-/m1/s1. The molecule has 0 aliphatic carbocycles. The van der Waals surface area contributed by atoms with Crippen molar-refractivity contribution in [3.63, 3.8) is 0 Å². The molecule has 7 nitrogen and oxygen atoms in total. The molecule has 2 aromatic rings. The Morgan fingerprint density at radius 2 is 1.81 bits per heavy atom. The molecule has 0 fully saturated rings. The zero-order valence-electron chi connectivity index (χ0n) is 17.6. The minimum absolute atomic E-state index is 0.158. The molecule has 31 heavy (non-hydrogen) atoms. The van der Waals surface area contributed by atoms with Crippen molar-refractivity contribution >= 4 is 23.6 Å². The number of ether oxygens (including phenoxy) is 1. The van der Waals surface area contributed by atoms with Crippen LogP contribution < -0.4 is 10.2 Å². The predicted octanol–water partition coefficient (Wildman–Crippen LogP) is 3.64. The van der Waals surface area contributed by atoms with Crippen molar-refractivity contribution in [2.75, 3.05) is 25.1 Å². The van der Waals surface area contributed by atoms with Crippen molar-refractivity contribution < 1.29 is 19.1 Å². The lowest BCUT2D eigenvalue weighted by molar-refractivity contribution is -0.114. The summed E-state index contributed by atoms with van der Waals surface area (Å²) >= 11 is 0. The molecule has 0 radical (unpaired) electrons. The first kappa shape index (κ1) is 20.7. The molecule has 2 heterocycles. The Morgan fingerprint density at radius 1 is 1.10 bits per heavy atom. The lowest BCUT2D eigenvalue weighted by Crippen LogP contribution is -2.45. The predicted molar refractivity (Wildman–Crippen MR) is 116 cm³/mol. The van der Waals surface area contributed by atoms with Gasteiger partial charge in [-0.2, -0.15) is 0 Å². The summed E-state index contributed by atoms with van der Waals surface area (Å²) in [5, 5.41) is 2.93. The fourth-order valence-electron chi connectivity index (χ4n) is 3.84. The van der Waals surface area contributed by atoms with Crippen LogP contribution in [0.2, 0.25) is 0 Å². The van der Waals surface area contributed by atoms with Crippen molar-refractivity contribution in [2.45, 2.75) is 25.8 Å². The molecule has 2 aliphatic heterocycles. The van der Waals surface area contributed by atoms with E-state index in [4.69, 9.17) is 4.74 Å². The van der Waals surface area contributed by atoms with Crippen LogP contribution in [-0.2, 0) is 9.53 Å². The molecule has 160 valence electrons. The fourth-order valence-corrected chi connectivity index (χ4v) is 3.84. The van der Waals surface area contributed by atoms with Crippen LogP contribution in [0.4, 0.5) is 10.5 Å². The van der Waals surface area contributed by atoms with Gasteiger partial charge in [-0.25, -0.2) is 9.59 Å². The summed E-state index contributed by atoms with van der Waals surface area (Å²) in [6.45, 7) is 2.72. The van der Waals surface area contributed by atoms with Crippen LogP contribution in [0.3, 0.4) is 0 Å². The van der Waals surface area contributed by atoms with Crippen LogP contribution in [0.25, 0.3) is 0 Å². The maximum absolute atomic E-state index is 13.4. The Kier molecular flexibility index (Phi) is 5.75. The van der Waals surface area contributed by atoms with E-state index in [0.717, 1.165) is 18.4 Å². The van der Waals surface area contributed by atoms with E-state index >= 15 is 0 Å². The Bertz CT molecular complexity index is 1030. The Labute approximate surface area is 181 Å². The molecule has 0 aromatic heterocycles. The number of benzene rings is 2. The number of nitrogens with one attached hydrogen (secondary N) is 1. The highest BCUT2D eigenvalue weighted by Gasteiger charge is 2.43. The first-order valence-corrected chi connectivity index (χ1v) is 10.4. The molecular formula is C24H25N3O4. The van der Waals surface area contributed by atoms with E-state index in [9.17, 15) is 14.4 Å². The summed E-state index contributed by atoms with van der Waals surface area (Å²) in [6, 6.07) is 15.5. The number of carbonyl (C=O) groups is 3. The highest BCUT2D eigenvalue weighted by atomic mass is 16.5. The van der Waals surface area contributed by atoms with Crippen molar-refractivity contribution in [3.05, 3.63) is 77.0 Å². The Hall–Kier alpha value is -3.61. The number of urea groups is 1. The number of unbranched alkanes of at least 4 members (excludes halogenated alkanes) is 1. The Balaban J connectivity index is 1.57. The van der Waals surface area contributed by atoms with Gasteiger partial charge < -0.3 is 15.0 Å². The molecule has 0 bridgehead atoms. The number of amides is 3. The first-order valence-electron chi connectivity index (χ1n) is 10.4. The average molecular weight is 419 g/mol. The maximum atomic E-state index is 13.4. The molecular weight excluding hydrogens is 394 g/mol. The number of likely N-dealkylation sites (N-methyl/N-ethyl adjacent to an activating group) is 1. The van der Waals surface area contributed by atoms with Gasteiger partial charge in [-0.15, -0.1) is 0 Å². The summed E-state index contributed by atoms with van der Waals surface area (Å²) in [6.07, 6.45) is 1.78. The van der Waals surface area contributed by atoms with Gasteiger partial charge in [0, 0.05) is 12.7 Å². The van der Waals surface area contributed by atoms with E-state index in [1.165, 1.54) is 4.90 Å². The second kappa shape index (κ2) is 8.63. The largest absolute Gasteiger partial charge is 0.462 e. The monoisotopic (exact) mass is 419 g/mol. The topological polar surface area (TPSA) is 79.0 Å². The van der Waals surface area contributed by atoms with Crippen molar-refractivity contribution in [3.8, 4) is 0 Å². The number of rotatable bonds is 6. The number of esters is 1. The minimum atomic E-state index is -0.495. The van der Waals surface area contributed by atoms with Crippen LogP contribution >= 0.6 is 0 Å². The van der Waals surface area contributed by atoms with Gasteiger partial charge in [0.15, 0.2) is 0 Å². The lowest BCUT2D eigenvalue weighted by Gasteiger charge is -2.31. The molecule has 0 saturated heterocycles. The lowest BCUT2D eigenvalue weighted by atomic mass is 9.96. The molecule has 0 saturated carbocycles. The zero-order valence-corrected chi connectivity index (χ0v) is 17.6. The van der Waals surface area contributed by atoms with Gasteiger partial charge in [0.1, 0.15) is 0 Å². The van der Waals surface area contributed by atoms with Gasteiger partial charge in [-0.3, -0.25) is 9.69 Å². The molecule has 0 spiro atoms. The third-order valence-electron chi connectivity index (χ3n) is 5.64. The van der Waals surface area contributed by atoms with Gasteiger partial charge in [-0.1, -0.05) is 43.7 Å². The normalized spacial score (nSPS) is 18.2. The second-order valence-electron chi connectivity index (χ2n) is 7.64. The minimum Gasteiger partial charge on any atom is -0.462 e. The molecule has 1 atom stereocenters. The second-order valence-corrected chi connectivity index (χ2v) is 7.64.